The highest BCUT2D eigenvalue weighted by molar-refractivity contribution is 6.02. The summed E-state index contributed by atoms with van der Waals surface area (Å²) in [5, 5.41) is 7.76. The number of likely N-dealkylation sites (N-methyl/N-ethyl adjacent to an activating group) is 1. The molecule has 3 heterocycles. The van der Waals surface area contributed by atoms with E-state index in [1.54, 1.807) is 11.6 Å². The van der Waals surface area contributed by atoms with Crippen molar-refractivity contribution in [1.29, 1.82) is 0 Å². The smallest absolute Gasteiger partial charge is 0.252 e. The molecule has 1 amide bonds. The number of rotatable bonds is 6. The van der Waals surface area contributed by atoms with Crippen molar-refractivity contribution in [3.05, 3.63) is 59.9 Å². The number of nitrogens with zero attached hydrogens (tertiary/aromatic N) is 3. The molecule has 0 saturated carbocycles. The number of carbonyl (C=O) groups is 1. The Morgan fingerprint density at radius 1 is 1.41 bits per heavy atom. The van der Waals surface area contributed by atoms with Crippen LogP contribution in [0.5, 0.6) is 5.75 Å². The molecule has 1 saturated heterocycles. The molecule has 1 aromatic carbocycles. The quantitative estimate of drug-likeness (QED) is 0.660. The summed E-state index contributed by atoms with van der Waals surface area (Å²) in [6.07, 6.45) is 3.36. The molecule has 1 aliphatic heterocycles. The van der Waals surface area contributed by atoms with E-state index in [1.807, 2.05) is 49.5 Å². The zero-order valence-electron chi connectivity index (χ0n) is 16.6. The van der Waals surface area contributed by atoms with Crippen LogP contribution in [-0.2, 0) is 10.5 Å². The SMILES string of the molecule is CCN(c1c(C(N)=O)cnn2cccc12)C1(c2cccc(OC)c2)CNCCO1. The van der Waals surface area contributed by atoms with Crippen LogP contribution < -0.4 is 20.7 Å². The van der Waals surface area contributed by atoms with Crippen LogP contribution in [0.25, 0.3) is 5.52 Å². The molecule has 8 heteroatoms. The number of amides is 1. The minimum absolute atomic E-state index is 0.356. The summed E-state index contributed by atoms with van der Waals surface area (Å²) in [6.45, 7) is 4.45. The van der Waals surface area contributed by atoms with Gasteiger partial charge in [0, 0.05) is 31.4 Å². The van der Waals surface area contributed by atoms with Gasteiger partial charge in [-0.2, -0.15) is 5.10 Å². The molecule has 2 aromatic heterocycles. The first-order chi connectivity index (χ1) is 14.1. The second kappa shape index (κ2) is 7.73. The molecule has 8 nitrogen and oxygen atoms in total. The van der Waals surface area contributed by atoms with Crippen LogP contribution in [0.3, 0.4) is 0 Å². The van der Waals surface area contributed by atoms with Gasteiger partial charge in [-0.05, 0) is 31.2 Å². The lowest BCUT2D eigenvalue weighted by molar-refractivity contribution is -0.0724. The van der Waals surface area contributed by atoms with Crippen molar-refractivity contribution in [2.45, 2.75) is 12.6 Å². The summed E-state index contributed by atoms with van der Waals surface area (Å²) in [5.74, 6) is 0.212. The van der Waals surface area contributed by atoms with Gasteiger partial charge < -0.3 is 25.4 Å². The first-order valence-corrected chi connectivity index (χ1v) is 9.63. The Morgan fingerprint density at radius 3 is 2.97 bits per heavy atom. The Hall–Kier alpha value is -3.10. The van der Waals surface area contributed by atoms with Gasteiger partial charge in [-0.1, -0.05) is 12.1 Å². The third-order valence-electron chi connectivity index (χ3n) is 5.33. The van der Waals surface area contributed by atoms with Crippen molar-refractivity contribution in [3.63, 3.8) is 0 Å². The molecule has 1 unspecified atom stereocenters. The van der Waals surface area contributed by atoms with Crippen LogP contribution in [-0.4, -0.2) is 48.9 Å². The minimum atomic E-state index is -0.835. The predicted octanol–water partition coefficient (Wildman–Crippen LogP) is 1.74. The van der Waals surface area contributed by atoms with E-state index in [2.05, 4.69) is 15.3 Å². The second-order valence-electron chi connectivity index (χ2n) is 6.89. The van der Waals surface area contributed by atoms with E-state index in [4.69, 9.17) is 15.2 Å². The van der Waals surface area contributed by atoms with Gasteiger partial charge in [-0.15, -0.1) is 0 Å². The Bertz CT molecular complexity index is 1030. The molecule has 3 N–H and O–H groups in total. The van der Waals surface area contributed by atoms with Gasteiger partial charge in [0.1, 0.15) is 5.75 Å². The van der Waals surface area contributed by atoms with Crippen molar-refractivity contribution < 1.29 is 14.3 Å². The largest absolute Gasteiger partial charge is 0.497 e. The highest BCUT2D eigenvalue weighted by atomic mass is 16.5. The maximum absolute atomic E-state index is 12.3. The van der Waals surface area contributed by atoms with Gasteiger partial charge >= 0.3 is 0 Å². The van der Waals surface area contributed by atoms with Gasteiger partial charge in [0.2, 0.25) is 0 Å². The van der Waals surface area contributed by atoms with Gasteiger partial charge in [-0.25, -0.2) is 4.52 Å². The molecular weight excluding hydrogens is 370 g/mol. The molecule has 1 aliphatic rings. The van der Waals surface area contributed by atoms with Gasteiger partial charge in [0.15, 0.2) is 5.72 Å². The average Bonchev–Trinajstić information content (AvgIpc) is 3.24. The van der Waals surface area contributed by atoms with Crippen molar-refractivity contribution >= 4 is 17.1 Å². The van der Waals surface area contributed by atoms with E-state index >= 15 is 0 Å². The molecule has 1 fully saturated rings. The Labute approximate surface area is 169 Å². The Kier molecular flexibility index (Phi) is 5.12. The Morgan fingerprint density at radius 2 is 2.28 bits per heavy atom. The fourth-order valence-electron chi connectivity index (χ4n) is 4.02. The minimum Gasteiger partial charge on any atom is -0.497 e. The molecule has 0 radical (unpaired) electrons. The van der Waals surface area contributed by atoms with Crippen LogP contribution in [0.1, 0.15) is 22.8 Å². The fraction of sp³-hybridized carbons (Fsp3) is 0.333. The molecular formula is C21H25N5O3. The predicted molar refractivity (Wildman–Crippen MR) is 110 cm³/mol. The lowest BCUT2D eigenvalue weighted by Gasteiger charge is -2.47. The number of aromatic nitrogens is 2. The van der Waals surface area contributed by atoms with Crippen molar-refractivity contribution in [2.75, 3.05) is 38.3 Å². The number of ether oxygens (including phenoxy) is 2. The van der Waals surface area contributed by atoms with Crippen LogP contribution in [0.2, 0.25) is 0 Å². The van der Waals surface area contributed by atoms with Crippen molar-refractivity contribution in [3.8, 4) is 5.75 Å². The number of hydrogen-bond donors (Lipinski definition) is 2. The average molecular weight is 395 g/mol. The summed E-state index contributed by atoms with van der Waals surface area (Å²) >= 11 is 0. The highest BCUT2D eigenvalue weighted by Gasteiger charge is 2.43. The monoisotopic (exact) mass is 395 g/mol. The zero-order chi connectivity index (χ0) is 20.4. The van der Waals surface area contributed by atoms with Crippen LogP contribution in [0, 0.1) is 0 Å². The number of nitrogens with two attached hydrogens (primary N) is 1. The van der Waals surface area contributed by atoms with E-state index in [9.17, 15) is 4.79 Å². The molecule has 152 valence electrons. The molecule has 0 bridgehead atoms. The molecule has 0 spiro atoms. The maximum Gasteiger partial charge on any atom is 0.252 e. The van der Waals surface area contributed by atoms with E-state index < -0.39 is 11.6 Å². The normalized spacial score (nSPS) is 19.2. The number of primary amides is 1. The molecule has 1 atom stereocenters. The second-order valence-corrected chi connectivity index (χ2v) is 6.89. The molecule has 29 heavy (non-hydrogen) atoms. The van der Waals surface area contributed by atoms with Crippen molar-refractivity contribution in [1.82, 2.24) is 14.9 Å². The van der Waals surface area contributed by atoms with Gasteiger partial charge in [0.05, 0.1) is 36.7 Å². The number of hydrogen-bond acceptors (Lipinski definition) is 6. The number of methoxy groups -OCH3 is 1. The van der Waals surface area contributed by atoms with Crippen LogP contribution in [0.4, 0.5) is 5.69 Å². The van der Waals surface area contributed by atoms with Crippen LogP contribution in [0.15, 0.2) is 48.8 Å². The molecule has 0 aliphatic carbocycles. The number of carbonyl (C=O) groups excluding carboxylic acids is 1. The first kappa shape index (κ1) is 19.2. The molecule has 4 rings (SSSR count). The standard InChI is InChI=1S/C21H25N5O3/c1-3-25(19-17(20(22)27)13-24-26-10-5-8-18(19)26)21(14-23-9-11-29-21)15-6-4-7-16(12-15)28-2/h4-8,10,12-13,23H,3,9,11,14H2,1-2H3,(H2,22,27). The number of fused-ring (bicyclic) bond motifs is 1. The van der Waals surface area contributed by atoms with E-state index in [1.165, 1.54) is 6.20 Å². The summed E-state index contributed by atoms with van der Waals surface area (Å²) in [6, 6.07) is 11.6. The zero-order valence-corrected chi connectivity index (χ0v) is 16.6. The summed E-state index contributed by atoms with van der Waals surface area (Å²) in [7, 11) is 1.64. The van der Waals surface area contributed by atoms with Crippen molar-refractivity contribution in [2.24, 2.45) is 5.73 Å². The third-order valence-corrected chi connectivity index (χ3v) is 5.33. The van der Waals surface area contributed by atoms with E-state index in [0.29, 0.717) is 30.9 Å². The van der Waals surface area contributed by atoms with E-state index in [-0.39, 0.29) is 0 Å². The topological polar surface area (TPSA) is 94.1 Å². The Balaban J connectivity index is 1.97. The maximum atomic E-state index is 12.3. The first-order valence-electron chi connectivity index (χ1n) is 9.63. The molecule has 3 aromatic rings. The summed E-state index contributed by atoms with van der Waals surface area (Å²) in [5.41, 5.74) is 7.68. The van der Waals surface area contributed by atoms with E-state index in [0.717, 1.165) is 23.4 Å². The fourth-order valence-corrected chi connectivity index (χ4v) is 4.02. The third kappa shape index (κ3) is 3.20. The summed E-state index contributed by atoms with van der Waals surface area (Å²) < 4.78 is 13.6. The number of anilines is 1. The number of morpholine rings is 1. The van der Waals surface area contributed by atoms with Crippen LogP contribution >= 0.6 is 0 Å². The number of nitrogens with one attached hydrogen (secondary N) is 1. The van der Waals surface area contributed by atoms with Gasteiger partial charge in [0.25, 0.3) is 5.91 Å². The summed E-state index contributed by atoms with van der Waals surface area (Å²) in [4.78, 5) is 14.4. The highest BCUT2D eigenvalue weighted by Crippen LogP contribution is 2.39. The lowest BCUT2D eigenvalue weighted by atomic mass is 9.97. The van der Waals surface area contributed by atoms with Gasteiger partial charge in [-0.3, -0.25) is 4.79 Å². The lowest BCUT2D eigenvalue weighted by Crippen LogP contribution is -2.59. The number of benzene rings is 1.